The number of hydrogen-bond donors (Lipinski definition) is 0. The maximum Gasteiger partial charge on any atom is -1.00 e. The summed E-state index contributed by atoms with van der Waals surface area (Å²) in [6.07, 6.45) is 3.74. The van der Waals surface area contributed by atoms with Gasteiger partial charge < -0.3 is 24.8 Å². The van der Waals surface area contributed by atoms with Crippen molar-refractivity contribution in [2.24, 2.45) is 11.8 Å². The molecule has 0 aliphatic heterocycles. The minimum atomic E-state index is -2.61. The molecule has 0 radical (unpaired) electrons. The standard InChI is InChI=1S/C21H25.C10H15.C9H10.2ClH.Zr/c1-20(2,3)16-7-9-18-14(12-16)11-15-13-17(21(4,5)6)8-10-19(15)18;1-7(2)10-6-8(3)5-9(10)4;1-2-6-9-7-4-3-5-8-9;;;/h7-13H,1-6H3;6-8H,1-4H3;3-5,7-8H,2H2,1H3;2*1H;/q;;;;;+2/p-2. The smallest absolute Gasteiger partial charge is 1.00 e. The van der Waals surface area contributed by atoms with Crippen LogP contribution in [-0.4, -0.2) is 3.21 Å². The Morgan fingerprint density at radius 1 is 0.767 bits per heavy atom. The van der Waals surface area contributed by atoms with Crippen LogP contribution in [0.3, 0.4) is 0 Å². The molecule has 5 rings (SSSR count). The Hall–Kier alpha value is -1.53. The molecule has 1 atom stereocenters. The van der Waals surface area contributed by atoms with E-state index >= 15 is 0 Å². The number of fused-ring (bicyclic) bond motifs is 3. The van der Waals surface area contributed by atoms with Crippen LogP contribution in [0.2, 0.25) is 0 Å². The molecule has 0 N–H and O–H groups in total. The average molecular weight is 693 g/mol. The fraction of sp³-hybridized carbons (Fsp3) is 0.425. The summed E-state index contributed by atoms with van der Waals surface area (Å²) in [6, 6.07) is 26.4. The van der Waals surface area contributed by atoms with Crippen LogP contribution < -0.4 is 24.8 Å². The van der Waals surface area contributed by atoms with Crippen molar-refractivity contribution in [3.05, 3.63) is 115 Å². The number of hydrogen-bond acceptors (Lipinski definition) is 0. The normalized spacial score (nSPS) is 16.8. The summed E-state index contributed by atoms with van der Waals surface area (Å²) in [6.45, 7) is 26.3. The Bertz CT molecular complexity index is 1510. The van der Waals surface area contributed by atoms with Gasteiger partial charge in [-0.1, -0.05) is 0 Å². The van der Waals surface area contributed by atoms with Crippen molar-refractivity contribution >= 4 is 3.21 Å². The summed E-state index contributed by atoms with van der Waals surface area (Å²) in [5.74, 6) is 1.07. The molecule has 0 bridgehead atoms. The van der Waals surface area contributed by atoms with E-state index < -0.39 is 21.3 Å². The fourth-order valence-electron chi connectivity index (χ4n) is 7.23. The van der Waals surface area contributed by atoms with Crippen LogP contribution in [0.5, 0.6) is 0 Å². The van der Waals surface area contributed by atoms with E-state index in [0.717, 1.165) is 6.42 Å². The first-order chi connectivity index (χ1) is 19.2. The van der Waals surface area contributed by atoms with E-state index in [1.54, 1.807) is 25.5 Å². The Kier molecular flexibility index (Phi) is 11.2. The summed E-state index contributed by atoms with van der Waals surface area (Å²) in [4.78, 5) is 0. The molecule has 0 fully saturated rings. The topological polar surface area (TPSA) is 0 Å². The van der Waals surface area contributed by atoms with Gasteiger partial charge in [-0.2, -0.15) is 0 Å². The summed E-state index contributed by atoms with van der Waals surface area (Å²) in [5.41, 5.74) is 14.0. The molecular weight excluding hydrogens is 643 g/mol. The first-order valence-corrected chi connectivity index (χ1v) is 19.6. The number of halogens is 2. The van der Waals surface area contributed by atoms with E-state index in [1.165, 1.54) is 27.8 Å². The molecule has 0 saturated heterocycles. The van der Waals surface area contributed by atoms with Crippen LogP contribution in [0, 0.1) is 11.8 Å². The molecular formula is C40H50Cl2Zr. The molecule has 0 saturated carbocycles. The van der Waals surface area contributed by atoms with Crippen LogP contribution in [-0.2, 0) is 32.1 Å². The van der Waals surface area contributed by atoms with Gasteiger partial charge in [-0.15, -0.1) is 0 Å². The van der Waals surface area contributed by atoms with Crippen LogP contribution in [0.1, 0.15) is 114 Å². The molecule has 2 aliphatic carbocycles. The van der Waals surface area contributed by atoms with Gasteiger partial charge in [0.1, 0.15) is 0 Å². The van der Waals surface area contributed by atoms with Gasteiger partial charge in [0.25, 0.3) is 0 Å². The zero-order valence-corrected chi connectivity index (χ0v) is 32.1. The predicted molar refractivity (Wildman–Crippen MR) is 177 cm³/mol. The van der Waals surface area contributed by atoms with E-state index in [9.17, 15) is 0 Å². The molecule has 3 aromatic rings. The van der Waals surface area contributed by atoms with Crippen LogP contribution in [0.4, 0.5) is 0 Å². The van der Waals surface area contributed by atoms with E-state index in [-0.39, 0.29) is 35.6 Å². The average Bonchev–Trinajstić information content (AvgIpc) is 3.39. The molecule has 3 heteroatoms. The minimum Gasteiger partial charge on any atom is -1.00 e. The molecule has 0 nitrogen and oxygen atoms in total. The van der Waals surface area contributed by atoms with E-state index in [1.807, 2.05) is 3.28 Å². The van der Waals surface area contributed by atoms with Gasteiger partial charge in [-0.25, -0.2) is 0 Å². The zero-order chi connectivity index (χ0) is 29.9. The van der Waals surface area contributed by atoms with Gasteiger partial charge in [-0.05, 0) is 0 Å². The number of rotatable bonds is 5. The van der Waals surface area contributed by atoms with Crippen molar-refractivity contribution in [1.29, 1.82) is 0 Å². The predicted octanol–water partition coefficient (Wildman–Crippen LogP) is 5.11. The number of benzene rings is 3. The zero-order valence-electron chi connectivity index (χ0n) is 28.1. The second-order valence-electron chi connectivity index (χ2n) is 14.8. The largest absolute Gasteiger partial charge is 1.00 e. The summed E-state index contributed by atoms with van der Waals surface area (Å²) >= 11 is -2.61. The molecule has 3 aromatic carbocycles. The molecule has 0 aromatic heterocycles. The quantitative estimate of drug-likeness (QED) is 0.349. The minimum absolute atomic E-state index is 0. The van der Waals surface area contributed by atoms with Gasteiger partial charge in [0.15, 0.2) is 0 Å². The van der Waals surface area contributed by atoms with E-state index in [2.05, 4.69) is 149 Å². The SMILES string of the molecule is CC/[C](c1ccccc1)=[Zr+2](/[C]1=C(C)C(C(C)C)=CC1C)[CH]1c2cc(C(C)(C)C)ccc2-c2ccc(C(C)(C)C)cc21.[Cl-].[Cl-]. The maximum absolute atomic E-state index is 2.61. The molecule has 0 amide bonds. The Balaban J connectivity index is 0.00000253. The van der Waals surface area contributed by atoms with Crippen molar-refractivity contribution in [2.75, 3.05) is 0 Å². The van der Waals surface area contributed by atoms with Gasteiger partial charge in [0, 0.05) is 0 Å². The fourth-order valence-corrected chi connectivity index (χ4v) is 17.2. The molecule has 0 heterocycles. The first kappa shape index (κ1) is 35.9. The summed E-state index contributed by atoms with van der Waals surface area (Å²) < 4.78 is 4.07. The van der Waals surface area contributed by atoms with Gasteiger partial charge in [0.05, 0.1) is 0 Å². The summed E-state index contributed by atoms with van der Waals surface area (Å²) in [5, 5.41) is 0. The van der Waals surface area contributed by atoms with Gasteiger partial charge >= 0.3 is 260 Å². The van der Waals surface area contributed by atoms with Crippen molar-refractivity contribution in [3.8, 4) is 11.1 Å². The first-order valence-electron chi connectivity index (χ1n) is 15.7. The third-order valence-corrected chi connectivity index (χ3v) is 19.1. The molecule has 228 valence electrons. The monoisotopic (exact) mass is 690 g/mol. The summed E-state index contributed by atoms with van der Waals surface area (Å²) in [7, 11) is 0. The molecule has 2 aliphatic rings. The third-order valence-electron chi connectivity index (χ3n) is 9.47. The maximum atomic E-state index is 2.61. The van der Waals surface area contributed by atoms with Crippen LogP contribution >= 0.6 is 0 Å². The van der Waals surface area contributed by atoms with Crippen molar-refractivity contribution < 1.29 is 46.1 Å². The van der Waals surface area contributed by atoms with Crippen molar-refractivity contribution in [2.45, 2.75) is 97.0 Å². The molecule has 0 spiro atoms. The van der Waals surface area contributed by atoms with Gasteiger partial charge in [-0.3, -0.25) is 0 Å². The van der Waals surface area contributed by atoms with Crippen molar-refractivity contribution in [1.82, 2.24) is 0 Å². The third kappa shape index (κ3) is 6.71. The Morgan fingerprint density at radius 3 is 1.65 bits per heavy atom. The second kappa shape index (κ2) is 13.5. The van der Waals surface area contributed by atoms with Crippen LogP contribution in [0.15, 0.2) is 87.2 Å². The van der Waals surface area contributed by atoms with E-state index in [0.29, 0.717) is 15.5 Å². The number of allylic oxidation sites excluding steroid dienone is 4. The van der Waals surface area contributed by atoms with Gasteiger partial charge in [0.2, 0.25) is 0 Å². The van der Waals surface area contributed by atoms with E-state index in [4.69, 9.17) is 0 Å². The Labute approximate surface area is 282 Å². The van der Waals surface area contributed by atoms with Crippen molar-refractivity contribution in [3.63, 3.8) is 0 Å². The molecule has 43 heavy (non-hydrogen) atoms. The Morgan fingerprint density at radius 2 is 1.26 bits per heavy atom. The second-order valence-corrected chi connectivity index (χ2v) is 21.0. The van der Waals surface area contributed by atoms with Crippen LogP contribution in [0.25, 0.3) is 11.1 Å². The molecule has 1 unspecified atom stereocenters.